The minimum absolute atomic E-state index is 0.0386. The van der Waals surface area contributed by atoms with Gasteiger partial charge >= 0.3 is 12.1 Å². The summed E-state index contributed by atoms with van der Waals surface area (Å²) in [5.74, 6) is -2.66. The number of hydrogen-bond acceptors (Lipinski definition) is 5. The van der Waals surface area contributed by atoms with E-state index in [4.69, 9.17) is 11.6 Å². The molecule has 0 spiro atoms. The van der Waals surface area contributed by atoms with Crippen LogP contribution in [0.3, 0.4) is 0 Å². The molecule has 0 fully saturated rings. The fraction of sp³-hybridized carbons (Fsp3) is 0.150. The van der Waals surface area contributed by atoms with Crippen molar-refractivity contribution in [3.63, 3.8) is 0 Å². The van der Waals surface area contributed by atoms with Crippen molar-refractivity contribution in [2.75, 3.05) is 11.9 Å². The number of aromatic nitrogens is 2. The Morgan fingerprint density at radius 2 is 1.83 bits per heavy atom. The van der Waals surface area contributed by atoms with Crippen LogP contribution in [0.25, 0.3) is 11.3 Å². The molecular weight excluding hydrogens is 426 g/mol. The van der Waals surface area contributed by atoms with Crippen LogP contribution in [-0.4, -0.2) is 28.7 Å². The number of nitrogens with zero attached hydrogens (tertiary/aromatic N) is 2. The molecule has 0 bridgehead atoms. The third-order valence-electron chi connectivity index (χ3n) is 4.00. The number of alkyl halides is 3. The third kappa shape index (κ3) is 5.44. The second-order valence-electron chi connectivity index (χ2n) is 6.10. The van der Waals surface area contributed by atoms with Crippen LogP contribution in [-0.2, 0) is 9.53 Å². The summed E-state index contributed by atoms with van der Waals surface area (Å²) >= 11 is 5.67. The van der Waals surface area contributed by atoms with Crippen molar-refractivity contribution in [1.29, 1.82) is 0 Å². The molecule has 10 heteroatoms. The van der Waals surface area contributed by atoms with Gasteiger partial charge in [-0.1, -0.05) is 48.0 Å². The Balaban J connectivity index is 1.78. The van der Waals surface area contributed by atoms with Crippen molar-refractivity contribution < 1.29 is 27.1 Å². The molecule has 30 heavy (non-hydrogen) atoms. The summed E-state index contributed by atoms with van der Waals surface area (Å²) in [5, 5.41) is 2.78. The summed E-state index contributed by atoms with van der Waals surface area (Å²) in [6.45, 7) is -0.183. The van der Waals surface area contributed by atoms with Crippen LogP contribution in [0.4, 0.5) is 23.4 Å². The lowest BCUT2D eigenvalue weighted by Gasteiger charge is -2.20. The third-order valence-corrected chi connectivity index (χ3v) is 4.31. The van der Waals surface area contributed by atoms with E-state index < -0.39 is 24.1 Å². The number of carbonyl (C=O) groups is 1. The van der Waals surface area contributed by atoms with Gasteiger partial charge in [0.15, 0.2) is 0 Å². The van der Waals surface area contributed by atoms with Crippen LogP contribution in [0.5, 0.6) is 0 Å². The molecule has 1 aromatic heterocycles. The van der Waals surface area contributed by atoms with Crippen LogP contribution in [0.2, 0.25) is 5.02 Å². The van der Waals surface area contributed by atoms with Crippen molar-refractivity contribution in [3.8, 4) is 11.3 Å². The fourth-order valence-electron chi connectivity index (χ4n) is 2.56. The Kier molecular flexibility index (Phi) is 6.51. The van der Waals surface area contributed by atoms with Gasteiger partial charge in [0.1, 0.15) is 24.1 Å². The number of nitrogens with one attached hydrogen (secondary N) is 1. The van der Waals surface area contributed by atoms with E-state index in [9.17, 15) is 22.4 Å². The molecule has 0 aliphatic carbocycles. The number of carbonyl (C=O) groups excluding carboxylic acids is 1. The number of halogens is 5. The minimum atomic E-state index is -5.12. The number of benzene rings is 2. The lowest BCUT2D eigenvalue weighted by molar-refractivity contribution is -0.204. The van der Waals surface area contributed by atoms with E-state index in [0.717, 1.165) is 0 Å². The first-order valence-corrected chi connectivity index (χ1v) is 8.96. The standard InChI is InChI=1S/C20H14ClF4N3O2/c21-14-7-6-13(8-15(14)22)16-9-18(28-11-27-16)26-10-17(12-4-2-1-3-5-12)30-19(29)20(23,24)25/h1-9,11,17H,10H2,(H,26,27,28)/t17-/m0/s1. The van der Waals surface area contributed by atoms with Crippen LogP contribution < -0.4 is 5.32 Å². The number of esters is 1. The van der Waals surface area contributed by atoms with Gasteiger partial charge in [0.05, 0.1) is 17.3 Å². The number of anilines is 1. The van der Waals surface area contributed by atoms with Gasteiger partial charge in [0.25, 0.3) is 0 Å². The summed E-state index contributed by atoms with van der Waals surface area (Å²) < 4.78 is 56.2. The Morgan fingerprint density at radius 1 is 1.10 bits per heavy atom. The molecule has 3 rings (SSSR count). The Hall–Kier alpha value is -3.20. The molecule has 0 saturated heterocycles. The number of hydrogen-bond donors (Lipinski definition) is 1. The average molecular weight is 440 g/mol. The van der Waals surface area contributed by atoms with Gasteiger partial charge in [-0.2, -0.15) is 13.2 Å². The van der Waals surface area contributed by atoms with Gasteiger partial charge in [-0.3, -0.25) is 0 Å². The first-order chi connectivity index (χ1) is 14.2. The molecule has 0 radical (unpaired) electrons. The zero-order valence-corrected chi connectivity index (χ0v) is 15.9. The molecule has 1 atom stereocenters. The lowest BCUT2D eigenvalue weighted by Crippen LogP contribution is -2.29. The largest absolute Gasteiger partial charge is 0.490 e. The number of ether oxygens (including phenoxy) is 1. The quantitative estimate of drug-likeness (QED) is 0.423. The molecule has 0 aliphatic heterocycles. The SMILES string of the molecule is O=C(O[C@@H](CNc1cc(-c2ccc(Cl)c(F)c2)ncn1)c1ccccc1)C(F)(F)F. The first-order valence-electron chi connectivity index (χ1n) is 8.58. The van der Waals surface area contributed by atoms with Crippen molar-refractivity contribution in [3.05, 3.63) is 77.3 Å². The molecule has 0 unspecified atom stereocenters. The second kappa shape index (κ2) is 9.08. The predicted molar refractivity (Wildman–Crippen MR) is 102 cm³/mol. The van der Waals surface area contributed by atoms with Gasteiger partial charge in [-0.15, -0.1) is 0 Å². The van der Waals surface area contributed by atoms with E-state index >= 15 is 0 Å². The Bertz CT molecular complexity index is 1030. The highest BCUT2D eigenvalue weighted by Crippen LogP contribution is 2.26. The van der Waals surface area contributed by atoms with Crippen LogP contribution >= 0.6 is 11.6 Å². The lowest BCUT2D eigenvalue weighted by atomic mass is 10.1. The molecule has 156 valence electrons. The van der Waals surface area contributed by atoms with Crippen molar-refractivity contribution in [2.45, 2.75) is 12.3 Å². The van der Waals surface area contributed by atoms with Gasteiger partial charge in [-0.25, -0.2) is 19.2 Å². The zero-order chi connectivity index (χ0) is 21.7. The topological polar surface area (TPSA) is 64.1 Å². The van der Waals surface area contributed by atoms with Gasteiger partial charge in [0, 0.05) is 11.6 Å². The van der Waals surface area contributed by atoms with E-state index in [1.807, 2.05) is 0 Å². The summed E-state index contributed by atoms with van der Waals surface area (Å²) in [6.07, 6.45) is -5.12. The molecule has 3 aromatic rings. The smallest absolute Gasteiger partial charge is 0.449 e. The monoisotopic (exact) mass is 439 g/mol. The van der Waals surface area contributed by atoms with Crippen LogP contribution in [0, 0.1) is 5.82 Å². The van der Waals surface area contributed by atoms with E-state index in [2.05, 4.69) is 20.0 Å². The van der Waals surface area contributed by atoms with Crippen molar-refractivity contribution in [2.24, 2.45) is 0 Å². The van der Waals surface area contributed by atoms with Crippen LogP contribution in [0.15, 0.2) is 60.9 Å². The molecule has 0 aliphatic rings. The van der Waals surface area contributed by atoms with Crippen molar-refractivity contribution in [1.82, 2.24) is 9.97 Å². The average Bonchev–Trinajstić information content (AvgIpc) is 2.73. The maximum atomic E-state index is 13.7. The highest BCUT2D eigenvalue weighted by molar-refractivity contribution is 6.30. The summed E-state index contributed by atoms with van der Waals surface area (Å²) in [5.41, 5.74) is 1.17. The maximum Gasteiger partial charge on any atom is 0.490 e. The second-order valence-corrected chi connectivity index (χ2v) is 6.51. The van der Waals surface area contributed by atoms with Crippen LogP contribution in [0.1, 0.15) is 11.7 Å². The highest BCUT2D eigenvalue weighted by Gasteiger charge is 2.42. The van der Waals surface area contributed by atoms with E-state index in [0.29, 0.717) is 16.8 Å². The molecule has 1 heterocycles. The summed E-state index contributed by atoms with van der Waals surface area (Å²) in [4.78, 5) is 19.4. The van der Waals surface area contributed by atoms with Gasteiger partial charge in [-0.05, 0) is 17.7 Å². The van der Waals surface area contributed by atoms with E-state index in [-0.39, 0.29) is 17.4 Å². The molecule has 5 nitrogen and oxygen atoms in total. The fourth-order valence-corrected chi connectivity index (χ4v) is 2.67. The van der Waals surface area contributed by atoms with Gasteiger partial charge < -0.3 is 10.1 Å². The predicted octanol–water partition coefficient (Wildman–Crippen LogP) is 5.19. The molecule has 0 amide bonds. The van der Waals surface area contributed by atoms with E-state index in [1.165, 1.54) is 36.7 Å². The summed E-state index contributed by atoms with van der Waals surface area (Å²) in [7, 11) is 0. The molecule has 0 saturated carbocycles. The Labute approximate surface area is 173 Å². The minimum Gasteiger partial charge on any atom is -0.449 e. The summed E-state index contributed by atoms with van der Waals surface area (Å²) in [6, 6.07) is 13.6. The first kappa shape index (κ1) is 21.5. The zero-order valence-electron chi connectivity index (χ0n) is 15.2. The highest BCUT2D eigenvalue weighted by atomic mass is 35.5. The molecular formula is C20H14ClF4N3O2. The maximum absolute atomic E-state index is 13.7. The Morgan fingerprint density at radius 3 is 2.50 bits per heavy atom. The normalized spacial score (nSPS) is 12.3. The van der Waals surface area contributed by atoms with E-state index in [1.54, 1.807) is 24.3 Å². The van der Waals surface area contributed by atoms with Gasteiger partial charge in [0.2, 0.25) is 0 Å². The molecule has 2 aromatic carbocycles. The number of rotatable bonds is 6. The van der Waals surface area contributed by atoms with Crippen molar-refractivity contribution >= 4 is 23.4 Å². The molecule has 1 N–H and O–H groups in total.